The summed E-state index contributed by atoms with van der Waals surface area (Å²) in [5.74, 6) is -0.419. The van der Waals surface area contributed by atoms with Gasteiger partial charge in [-0.15, -0.1) is 0 Å². The molecule has 1 saturated heterocycles. The van der Waals surface area contributed by atoms with Gasteiger partial charge in [0.1, 0.15) is 0 Å². The molecule has 0 bridgehead atoms. The van der Waals surface area contributed by atoms with Gasteiger partial charge < -0.3 is 21.1 Å². The number of aryl methyl sites for hydroxylation is 2. The normalized spacial score (nSPS) is 15.0. The molecule has 2 heterocycles. The number of piperidine rings is 1. The maximum absolute atomic E-state index is 13.6. The minimum atomic E-state index is -1.13. The summed E-state index contributed by atoms with van der Waals surface area (Å²) in [6.07, 6.45) is 2.06. The number of nitrogens with two attached hydrogens (primary N) is 1. The van der Waals surface area contributed by atoms with Crippen molar-refractivity contribution in [3.63, 3.8) is 0 Å². The van der Waals surface area contributed by atoms with E-state index in [1.165, 1.54) is 4.90 Å². The zero-order valence-corrected chi connectivity index (χ0v) is 19.8. The second-order valence-corrected chi connectivity index (χ2v) is 8.70. The van der Waals surface area contributed by atoms with Crippen LogP contribution in [0.5, 0.6) is 0 Å². The smallest absolute Gasteiger partial charge is 0.411 e. The molecule has 1 aliphatic heterocycles. The number of likely N-dealkylation sites (tertiary alicyclic amines) is 1. The summed E-state index contributed by atoms with van der Waals surface area (Å²) in [6.45, 7) is 4.78. The van der Waals surface area contributed by atoms with Gasteiger partial charge in [-0.3, -0.25) is 19.5 Å². The number of carbonyl (C=O) groups is 3. The molecule has 0 atom stereocenters. The summed E-state index contributed by atoms with van der Waals surface area (Å²) in [6, 6.07) is 11.1. The molecule has 9 heteroatoms. The van der Waals surface area contributed by atoms with Crippen molar-refractivity contribution < 1.29 is 19.5 Å². The van der Waals surface area contributed by atoms with Crippen molar-refractivity contribution in [2.45, 2.75) is 39.7 Å². The minimum Gasteiger partial charge on any atom is -0.465 e. The number of nitrogens with one attached hydrogen (secondary N) is 1. The lowest BCUT2D eigenvalue weighted by molar-refractivity contribution is -0.139. The molecule has 1 fully saturated rings. The number of hydrogen-bond donors (Lipinski definition) is 3. The number of nitrogens with zero attached hydrogens (tertiary/aromatic N) is 3. The van der Waals surface area contributed by atoms with E-state index < -0.39 is 11.5 Å². The van der Waals surface area contributed by atoms with Crippen LogP contribution < -0.4 is 16.0 Å². The highest BCUT2D eigenvalue weighted by molar-refractivity contribution is 5.90. The first kappa shape index (κ1) is 25.2. The van der Waals surface area contributed by atoms with Crippen molar-refractivity contribution in [1.29, 1.82) is 0 Å². The standard InChI is InChI=1S/C25H33N5O4/c1-3-19-6-8-20(9-7-19)30(24(33)34)17-25(10-13-29(14-11-25)22(31)15-26)23(32)28-16-21-18(2)5-4-12-27-21/h4-9,12H,3,10-11,13-17,26H2,1-2H3,(H,28,32)(H,33,34). The van der Waals surface area contributed by atoms with E-state index in [9.17, 15) is 19.5 Å². The number of rotatable bonds is 8. The first-order valence-electron chi connectivity index (χ1n) is 11.6. The third-order valence-electron chi connectivity index (χ3n) is 6.61. The van der Waals surface area contributed by atoms with Crippen LogP contribution in [-0.4, -0.2) is 59.1 Å². The highest BCUT2D eigenvalue weighted by Gasteiger charge is 2.44. The third-order valence-corrected chi connectivity index (χ3v) is 6.61. The average molecular weight is 468 g/mol. The highest BCUT2D eigenvalue weighted by atomic mass is 16.4. The Morgan fingerprint density at radius 3 is 2.41 bits per heavy atom. The zero-order valence-electron chi connectivity index (χ0n) is 19.8. The summed E-state index contributed by atoms with van der Waals surface area (Å²) in [5.41, 5.74) is 7.85. The van der Waals surface area contributed by atoms with Crippen molar-refractivity contribution in [1.82, 2.24) is 15.2 Å². The van der Waals surface area contributed by atoms with Crippen LogP contribution in [-0.2, 0) is 22.6 Å². The first-order chi connectivity index (χ1) is 16.3. The van der Waals surface area contributed by atoms with Gasteiger partial charge in [0.2, 0.25) is 11.8 Å². The molecule has 4 N–H and O–H groups in total. The van der Waals surface area contributed by atoms with Gasteiger partial charge in [-0.05, 0) is 55.5 Å². The van der Waals surface area contributed by atoms with E-state index in [1.54, 1.807) is 23.2 Å². The predicted octanol–water partition coefficient (Wildman–Crippen LogP) is 2.32. The minimum absolute atomic E-state index is 0.00844. The third kappa shape index (κ3) is 5.72. The number of amides is 3. The number of aromatic nitrogens is 1. The van der Waals surface area contributed by atoms with Gasteiger partial charge in [0.15, 0.2) is 0 Å². The van der Waals surface area contributed by atoms with Crippen molar-refractivity contribution >= 4 is 23.6 Å². The zero-order chi connectivity index (χ0) is 24.7. The number of anilines is 1. The lowest BCUT2D eigenvalue weighted by atomic mass is 9.76. The van der Waals surface area contributed by atoms with Crippen molar-refractivity contribution in [3.8, 4) is 0 Å². The molecule has 0 spiro atoms. The molecular formula is C25H33N5O4. The fourth-order valence-corrected chi connectivity index (χ4v) is 4.31. The van der Waals surface area contributed by atoms with Crippen molar-refractivity contribution in [2.75, 3.05) is 31.1 Å². The van der Waals surface area contributed by atoms with Crippen LogP contribution in [0.3, 0.4) is 0 Å². The second kappa shape index (κ2) is 11.1. The summed E-state index contributed by atoms with van der Waals surface area (Å²) < 4.78 is 0. The van der Waals surface area contributed by atoms with E-state index in [1.807, 2.05) is 38.1 Å². The maximum Gasteiger partial charge on any atom is 0.411 e. The van der Waals surface area contributed by atoms with E-state index in [0.717, 1.165) is 23.2 Å². The van der Waals surface area contributed by atoms with Gasteiger partial charge in [-0.1, -0.05) is 25.1 Å². The first-order valence-corrected chi connectivity index (χ1v) is 11.6. The summed E-state index contributed by atoms with van der Waals surface area (Å²) in [7, 11) is 0. The monoisotopic (exact) mass is 467 g/mol. The molecule has 34 heavy (non-hydrogen) atoms. The highest BCUT2D eigenvalue weighted by Crippen LogP contribution is 2.35. The van der Waals surface area contributed by atoms with Crippen LogP contribution in [0.15, 0.2) is 42.6 Å². The number of pyridine rings is 1. The number of carboxylic acid groups (broad SMARTS) is 1. The predicted molar refractivity (Wildman–Crippen MR) is 129 cm³/mol. The molecule has 1 aliphatic rings. The molecule has 182 valence electrons. The largest absolute Gasteiger partial charge is 0.465 e. The Bertz CT molecular complexity index is 1020. The van der Waals surface area contributed by atoms with Crippen LogP contribution in [0, 0.1) is 12.3 Å². The van der Waals surface area contributed by atoms with E-state index in [0.29, 0.717) is 31.6 Å². The molecule has 0 aliphatic carbocycles. The quantitative estimate of drug-likeness (QED) is 0.546. The van der Waals surface area contributed by atoms with Crippen LogP contribution in [0.4, 0.5) is 10.5 Å². The van der Waals surface area contributed by atoms with Crippen molar-refractivity contribution in [2.24, 2.45) is 11.1 Å². The van der Waals surface area contributed by atoms with Crippen LogP contribution in [0.25, 0.3) is 0 Å². The van der Waals surface area contributed by atoms with Gasteiger partial charge in [0, 0.05) is 31.5 Å². The Labute approximate surface area is 199 Å². The van der Waals surface area contributed by atoms with E-state index >= 15 is 0 Å². The fraction of sp³-hybridized carbons (Fsp3) is 0.440. The second-order valence-electron chi connectivity index (χ2n) is 8.70. The summed E-state index contributed by atoms with van der Waals surface area (Å²) in [4.78, 5) is 45.1. The van der Waals surface area contributed by atoms with Crippen LogP contribution in [0.1, 0.15) is 36.6 Å². The van der Waals surface area contributed by atoms with Crippen LogP contribution in [0.2, 0.25) is 0 Å². The Kier molecular flexibility index (Phi) is 8.22. The summed E-state index contributed by atoms with van der Waals surface area (Å²) >= 11 is 0. The van der Waals surface area contributed by atoms with E-state index in [-0.39, 0.29) is 31.4 Å². The molecular weight excluding hydrogens is 434 g/mol. The number of benzene rings is 1. The molecule has 3 rings (SSSR count). The average Bonchev–Trinajstić information content (AvgIpc) is 2.86. The molecule has 9 nitrogen and oxygen atoms in total. The Morgan fingerprint density at radius 1 is 1.18 bits per heavy atom. The maximum atomic E-state index is 13.6. The molecule has 1 aromatic heterocycles. The van der Waals surface area contributed by atoms with E-state index in [2.05, 4.69) is 10.3 Å². The molecule has 0 unspecified atom stereocenters. The molecule has 0 radical (unpaired) electrons. The topological polar surface area (TPSA) is 129 Å². The molecule has 2 aromatic rings. The lowest BCUT2D eigenvalue weighted by Crippen LogP contribution is -2.56. The summed E-state index contributed by atoms with van der Waals surface area (Å²) in [5, 5.41) is 13.0. The van der Waals surface area contributed by atoms with Crippen LogP contribution >= 0.6 is 0 Å². The molecule has 1 aromatic carbocycles. The molecule has 3 amide bonds. The molecule has 0 saturated carbocycles. The van der Waals surface area contributed by atoms with Gasteiger partial charge in [-0.25, -0.2) is 4.79 Å². The lowest BCUT2D eigenvalue weighted by Gasteiger charge is -2.42. The SMILES string of the molecule is CCc1ccc(N(CC2(C(=O)NCc3ncccc3C)CCN(C(=O)CN)CC2)C(=O)O)cc1. The van der Waals surface area contributed by atoms with Gasteiger partial charge in [0.25, 0.3) is 0 Å². The fourth-order valence-electron chi connectivity index (χ4n) is 4.31. The Hall–Kier alpha value is -3.46. The van der Waals surface area contributed by atoms with Gasteiger partial charge in [0.05, 0.1) is 24.2 Å². The Morgan fingerprint density at radius 2 is 1.85 bits per heavy atom. The van der Waals surface area contributed by atoms with Crippen molar-refractivity contribution in [3.05, 3.63) is 59.4 Å². The Balaban J connectivity index is 1.85. The number of hydrogen-bond acceptors (Lipinski definition) is 5. The van der Waals surface area contributed by atoms with Gasteiger partial charge in [-0.2, -0.15) is 0 Å². The van der Waals surface area contributed by atoms with E-state index in [4.69, 9.17) is 5.73 Å². The van der Waals surface area contributed by atoms with Gasteiger partial charge >= 0.3 is 6.09 Å². The number of carbonyl (C=O) groups excluding carboxylic acids is 2.